The van der Waals surface area contributed by atoms with Crippen LogP contribution in [0.4, 0.5) is 0 Å². The lowest BCUT2D eigenvalue weighted by atomic mass is 9.94. The minimum atomic E-state index is -1.16. The molecule has 0 saturated carbocycles. The fourth-order valence-corrected chi connectivity index (χ4v) is 3.75. The summed E-state index contributed by atoms with van der Waals surface area (Å²) in [5, 5.41) is 21.6. The van der Waals surface area contributed by atoms with E-state index in [2.05, 4.69) is 5.32 Å². The van der Waals surface area contributed by atoms with Gasteiger partial charge < -0.3 is 20.3 Å². The summed E-state index contributed by atoms with van der Waals surface area (Å²) in [6.45, 7) is 1.59. The Kier molecular flexibility index (Phi) is 8.03. The van der Waals surface area contributed by atoms with Crippen LogP contribution in [0, 0.1) is 5.92 Å². The van der Waals surface area contributed by atoms with Crippen molar-refractivity contribution in [2.75, 3.05) is 7.11 Å². The van der Waals surface area contributed by atoms with Gasteiger partial charge in [-0.05, 0) is 47.7 Å². The van der Waals surface area contributed by atoms with Gasteiger partial charge in [-0.25, -0.2) is 4.79 Å². The van der Waals surface area contributed by atoms with Crippen molar-refractivity contribution in [3.63, 3.8) is 0 Å². The van der Waals surface area contributed by atoms with E-state index in [1.54, 1.807) is 6.92 Å². The summed E-state index contributed by atoms with van der Waals surface area (Å²) in [6.07, 6.45) is 0.627. The zero-order valence-electron chi connectivity index (χ0n) is 19.0. The second-order valence-electron chi connectivity index (χ2n) is 8.13. The molecule has 7 nitrogen and oxygen atoms in total. The first-order valence-electron chi connectivity index (χ1n) is 10.9. The highest BCUT2D eigenvalue weighted by Gasteiger charge is 2.23. The molecule has 2 atom stereocenters. The number of hydrogen-bond donors (Lipinski definition) is 3. The summed E-state index contributed by atoms with van der Waals surface area (Å²) in [7, 11) is 1.39. The molecule has 34 heavy (non-hydrogen) atoms. The molecule has 0 aromatic heterocycles. The van der Waals surface area contributed by atoms with Gasteiger partial charge in [0.05, 0.1) is 24.2 Å². The fourth-order valence-electron chi connectivity index (χ4n) is 3.75. The van der Waals surface area contributed by atoms with Crippen molar-refractivity contribution in [1.29, 1.82) is 0 Å². The average Bonchev–Trinajstić information content (AvgIpc) is 2.84. The Labute approximate surface area is 198 Å². The zero-order chi connectivity index (χ0) is 24.7. The third-order valence-corrected chi connectivity index (χ3v) is 5.63. The van der Waals surface area contributed by atoms with Gasteiger partial charge in [-0.2, -0.15) is 0 Å². The average molecular weight is 462 g/mol. The maximum Gasteiger partial charge on any atom is 0.335 e. The van der Waals surface area contributed by atoms with E-state index < -0.39 is 29.8 Å². The number of carbonyl (C=O) groups excluding carboxylic acids is 1. The molecule has 7 heteroatoms. The van der Waals surface area contributed by atoms with E-state index in [-0.39, 0.29) is 23.3 Å². The monoisotopic (exact) mass is 461 g/mol. The Morgan fingerprint density at radius 2 is 1.56 bits per heavy atom. The van der Waals surface area contributed by atoms with Crippen LogP contribution in [-0.4, -0.2) is 41.2 Å². The van der Waals surface area contributed by atoms with Crippen LogP contribution in [0.15, 0.2) is 72.8 Å². The number of ether oxygens (including phenoxy) is 1. The minimum absolute atomic E-state index is 0.0436. The number of amides is 1. The van der Waals surface area contributed by atoms with Gasteiger partial charge in [0, 0.05) is 6.04 Å². The van der Waals surface area contributed by atoms with Crippen LogP contribution in [0.3, 0.4) is 0 Å². The maximum atomic E-state index is 13.1. The number of aliphatic carboxylic acids is 1. The molecule has 0 saturated heterocycles. The number of carbonyl (C=O) groups is 3. The first-order chi connectivity index (χ1) is 16.3. The van der Waals surface area contributed by atoms with Gasteiger partial charge in [-0.15, -0.1) is 0 Å². The number of carboxylic acids is 2. The minimum Gasteiger partial charge on any atom is -0.496 e. The van der Waals surface area contributed by atoms with E-state index in [9.17, 15) is 24.6 Å². The lowest BCUT2D eigenvalue weighted by Crippen LogP contribution is -2.38. The molecule has 0 fully saturated rings. The van der Waals surface area contributed by atoms with Crippen LogP contribution in [0.1, 0.15) is 39.6 Å². The van der Waals surface area contributed by atoms with Crippen molar-refractivity contribution in [2.45, 2.75) is 25.8 Å². The highest BCUT2D eigenvalue weighted by Crippen LogP contribution is 2.23. The number of rotatable bonds is 10. The molecule has 0 radical (unpaired) electrons. The van der Waals surface area contributed by atoms with Gasteiger partial charge in [0.25, 0.3) is 5.91 Å². The number of hydrogen-bond acceptors (Lipinski definition) is 4. The number of benzene rings is 3. The van der Waals surface area contributed by atoms with E-state index in [4.69, 9.17) is 4.74 Å². The van der Waals surface area contributed by atoms with Crippen LogP contribution in [0.2, 0.25) is 0 Å². The molecule has 0 spiro atoms. The number of nitrogens with one attached hydrogen (secondary N) is 1. The van der Waals surface area contributed by atoms with Crippen LogP contribution in [-0.2, 0) is 11.2 Å². The molecule has 0 bridgehead atoms. The molecule has 3 aromatic rings. The Hall–Kier alpha value is -4.13. The second kappa shape index (κ2) is 11.1. The summed E-state index contributed by atoms with van der Waals surface area (Å²) >= 11 is 0. The molecule has 1 amide bonds. The third kappa shape index (κ3) is 6.22. The second-order valence-corrected chi connectivity index (χ2v) is 8.13. The summed E-state index contributed by atoms with van der Waals surface area (Å²) < 4.78 is 5.23. The van der Waals surface area contributed by atoms with E-state index in [1.807, 2.05) is 54.6 Å². The Morgan fingerprint density at radius 1 is 0.912 bits per heavy atom. The molecular weight excluding hydrogens is 434 g/mol. The Bertz CT molecular complexity index is 1160. The van der Waals surface area contributed by atoms with Gasteiger partial charge in [0.15, 0.2) is 0 Å². The quantitative estimate of drug-likeness (QED) is 0.409. The van der Waals surface area contributed by atoms with Gasteiger partial charge in [-0.3, -0.25) is 9.59 Å². The zero-order valence-corrected chi connectivity index (χ0v) is 19.0. The fraction of sp³-hybridized carbons (Fsp3) is 0.222. The molecule has 0 aliphatic heterocycles. The number of aromatic carboxylic acids is 1. The molecule has 0 aliphatic rings. The predicted octanol–water partition coefficient (Wildman–Crippen LogP) is 4.51. The highest BCUT2D eigenvalue weighted by atomic mass is 16.5. The molecule has 176 valence electrons. The maximum absolute atomic E-state index is 13.1. The van der Waals surface area contributed by atoms with Gasteiger partial charge in [0.1, 0.15) is 5.75 Å². The van der Waals surface area contributed by atoms with Gasteiger partial charge >= 0.3 is 11.9 Å². The van der Waals surface area contributed by atoms with E-state index in [1.165, 1.54) is 25.3 Å². The van der Waals surface area contributed by atoms with E-state index in [0.29, 0.717) is 6.42 Å². The predicted molar refractivity (Wildman–Crippen MR) is 128 cm³/mol. The van der Waals surface area contributed by atoms with Crippen LogP contribution in [0.25, 0.3) is 11.1 Å². The molecule has 0 heterocycles. The van der Waals surface area contributed by atoms with E-state index >= 15 is 0 Å². The Morgan fingerprint density at radius 3 is 2.15 bits per heavy atom. The first-order valence-corrected chi connectivity index (χ1v) is 10.9. The summed E-state index contributed by atoms with van der Waals surface area (Å²) in [5.41, 5.74) is 3.12. The lowest BCUT2D eigenvalue weighted by molar-refractivity contribution is -0.141. The molecule has 3 aromatic carbocycles. The molecule has 3 N–H and O–H groups in total. The van der Waals surface area contributed by atoms with Crippen LogP contribution >= 0.6 is 0 Å². The summed E-state index contributed by atoms with van der Waals surface area (Å²) in [5.74, 6) is -3.08. The van der Waals surface area contributed by atoms with Gasteiger partial charge in [0.2, 0.25) is 0 Å². The molecular formula is C27H27NO6. The van der Waals surface area contributed by atoms with Crippen molar-refractivity contribution in [3.8, 4) is 16.9 Å². The highest BCUT2D eigenvalue weighted by molar-refractivity contribution is 6.00. The van der Waals surface area contributed by atoms with Crippen molar-refractivity contribution < 1.29 is 29.3 Å². The van der Waals surface area contributed by atoms with Crippen molar-refractivity contribution in [1.82, 2.24) is 5.32 Å². The number of carboxylic acid groups (broad SMARTS) is 2. The van der Waals surface area contributed by atoms with Crippen molar-refractivity contribution in [2.24, 2.45) is 5.92 Å². The van der Waals surface area contributed by atoms with Crippen molar-refractivity contribution in [3.05, 3.63) is 89.5 Å². The third-order valence-electron chi connectivity index (χ3n) is 5.63. The summed E-state index contributed by atoms with van der Waals surface area (Å²) in [6, 6.07) is 21.4. The standard InChI is InChI=1S/C27H27NO6/c1-17(26(30)31)14-22(15-18-8-10-20(11-9-18)19-6-4-3-5-7-19)28-25(29)23-16-21(27(32)33)12-13-24(23)34-2/h3-13,16-17,22H,14-15H2,1-2H3,(H,28,29)(H,30,31)(H,32,33)/t17-,22?/m1/s1. The van der Waals surface area contributed by atoms with Crippen molar-refractivity contribution >= 4 is 17.8 Å². The molecule has 1 unspecified atom stereocenters. The first kappa shape index (κ1) is 24.5. The van der Waals surface area contributed by atoms with E-state index in [0.717, 1.165) is 16.7 Å². The number of methoxy groups -OCH3 is 1. The largest absolute Gasteiger partial charge is 0.496 e. The smallest absolute Gasteiger partial charge is 0.335 e. The molecule has 0 aliphatic carbocycles. The SMILES string of the molecule is COc1ccc(C(=O)O)cc1C(=O)NC(Cc1ccc(-c2ccccc2)cc1)C[C@@H](C)C(=O)O. The topological polar surface area (TPSA) is 113 Å². The lowest BCUT2D eigenvalue weighted by Gasteiger charge is -2.22. The van der Waals surface area contributed by atoms with Crippen LogP contribution in [0.5, 0.6) is 5.75 Å². The summed E-state index contributed by atoms with van der Waals surface area (Å²) in [4.78, 5) is 35.9. The molecule has 3 rings (SSSR count). The normalized spacial score (nSPS) is 12.4. The van der Waals surface area contributed by atoms with Gasteiger partial charge in [-0.1, -0.05) is 61.5 Å². The van der Waals surface area contributed by atoms with Crippen LogP contribution < -0.4 is 10.1 Å². The Balaban J connectivity index is 1.82.